The van der Waals surface area contributed by atoms with Gasteiger partial charge in [0.15, 0.2) is 5.78 Å². The monoisotopic (exact) mass is 371 g/mol. The topological polar surface area (TPSA) is 63.2 Å². The average molecular weight is 372 g/mol. The molecule has 0 radical (unpaired) electrons. The van der Waals surface area contributed by atoms with Crippen molar-refractivity contribution < 1.29 is 14.4 Å². The predicted molar refractivity (Wildman–Crippen MR) is 106 cm³/mol. The number of Topliss-reactive ketones (excluding diaryl/α,β-unsaturated/α-hetero) is 2. The minimum Gasteiger partial charge on any atom is -0.326 e. The number of amides is 1. The number of hydrogen-bond donors (Lipinski definition) is 1. The third kappa shape index (κ3) is 6.56. The summed E-state index contributed by atoms with van der Waals surface area (Å²) in [6, 6.07) is 11.5. The molecule has 0 saturated carbocycles. The van der Waals surface area contributed by atoms with Crippen LogP contribution in [0.4, 0.5) is 5.69 Å². The van der Waals surface area contributed by atoms with E-state index in [2.05, 4.69) is 12.2 Å². The van der Waals surface area contributed by atoms with Gasteiger partial charge in [0.1, 0.15) is 5.78 Å². The third-order valence-electron chi connectivity index (χ3n) is 4.05. The standard InChI is InChI=1S/C21H25NO3S/c1-3-4-16-6-8-17(9-7-16)22-21(25)14-11-18(23)10-12-19(24)20-13-5-15(2)26-20/h5-9,13H,3-4,10-12,14H2,1-2H3,(H,22,25). The molecule has 2 aromatic rings. The molecule has 26 heavy (non-hydrogen) atoms. The predicted octanol–water partition coefficient (Wildman–Crippen LogP) is 4.96. The highest BCUT2D eigenvalue weighted by Gasteiger charge is 2.12. The molecule has 0 spiro atoms. The van der Waals surface area contributed by atoms with E-state index in [1.165, 1.54) is 16.9 Å². The molecule has 1 aromatic carbocycles. The van der Waals surface area contributed by atoms with E-state index in [1.807, 2.05) is 37.3 Å². The van der Waals surface area contributed by atoms with E-state index in [0.29, 0.717) is 4.88 Å². The normalized spacial score (nSPS) is 10.5. The zero-order chi connectivity index (χ0) is 18.9. The van der Waals surface area contributed by atoms with Crippen LogP contribution in [-0.2, 0) is 16.0 Å². The van der Waals surface area contributed by atoms with E-state index < -0.39 is 0 Å². The number of hydrogen-bond acceptors (Lipinski definition) is 4. The summed E-state index contributed by atoms with van der Waals surface area (Å²) in [6.45, 7) is 4.07. The van der Waals surface area contributed by atoms with Crippen LogP contribution in [0.1, 0.15) is 59.1 Å². The first-order valence-electron chi connectivity index (χ1n) is 8.98. The Morgan fingerprint density at radius 1 is 0.923 bits per heavy atom. The SMILES string of the molecule is CCCc1ccc(NC(=O)CCC(=O)CCC(=O)c2ccc(C)s2)cc1. The number of carbonyl (C=O) groups is 3. The van der Waals surface area contributed by atoms with Crippen LogP contribution in [0, 0.1) is 6.92 Å². The van der Waals surface area contributed by atoms with Crippen LogP contribution in [0.2, 0.25) is 0 Å². The Morgan fingerprint density at radius 2 is 1.62 bits per heavy atom. The average Bonchev–Trinajstić information content (AvgIpc) is 3.06. The molecule has 0 aliphatic heterocycles. The van der Waals surface area contributed by atoms with Gasteiger partial charge in [-0.25, -0.2) is 0 Å². The molecule has 0 fully saturated rings. The molecule has 138 valence electrons. The highest BCUT2D eigenvalue weighted by Crippen LogP contribution is 2.18. The van der Waals surface area contributed by atoms with Crippen molar-refractivity contribution in [1.82, 2.24) is 0 Å². The van der Waals surface area contributed by atoms with Gasteiger partial charge in [-0.15, -0.1) is 11.3 Å². The molecule has 1 amide bonds. The van der Waals surface area contributed by atoms with Gasteiger partial charge in [0, 0.05) is 36.2 Å². The minimum atomic E-state index is -0.179. The first-order chi connectivity index (χ1) is 12.5. The van der Waals surface area contributed by atoms with Crippen LogP contribution in [0.15, 0.2) is 36.4 Å². The van der Waals surface area contributed by atoms with Crippen molar-refractivity contribution in [2.45, 2.75) is 52.4 Å². The van der Waals surface area contributed by atoms with E-state index >= 15 is 0 Å². The largest absolute Gasteiger partial charge is 0.326 e. The van der Waals surface area contributed by atoms with Gasteiger partial charge in [0.05, 0.1) is 4.88 Å². The zero-order valence-electron chi connectivity index (χ0n) is 15.3. The lowest BCUT2D eigenvalue weighted by atomic mass is 10.1. The lowest BCUT2D eigenvalue weighted by molar-refractivity contribution is -0.122. The van der Waals surface area contributed by atoms with E-state index in [9.17, 15) is 14.4 Å². The number of aryl methyl sites for hydroxylation is 2. The van der Waals surface area contributed by atoms with Crippen molar-refractivity contribution in [2.75, 3.05) is 5.32 Å². The van der Waals surface area contributed by atoms with Crippen LogP contribution in [0.3, 0.4) is 0 Å². The quantitative estimate of drug-likeness (QED) is 0.600. The molecular formula is C21H25NO3S. The molecular weight excluding hydrogens is 346 g/mol. The van der Waals surface area contributed by atoms with Crippen LogP contribution < -0.4 is 5.32 Å². The molecule has 0 bridgehead atoms. The summed E-state index contributed by atoms with van der Waals surface area (Å²) >= 11 is 1.45. The molecule has 0 saturated heterocycles. The molecule has 1 heterocycles. The third-order valence-corrected chi connectivity index (χ3v) is 5.10. The zero-order valence-corrected chi connectivity index (χ0v) is 16.2. The molecule has 1 aromatic heterocycles. The summed E-state index contributed by atoms with van der Waals surface area (Å²) in [5, 5.41) is 2.80. The molecule has 0 unspecified atom stereocenters. The summed E-state index contributed by atoms with van der Waals surface area (Å²) in [4.78, 5) is 37.7. The molecule has 1 N–H and O–H groups in total. The van der Waals surface area contributed by atoms with Crippen molar-refractivity contribution in [3.8, 4) is 0 Å². The van der Waals surface area contributed by atoms with Crippen LogP contribution in [-0.4, -0.2) is 17.5 Å². The van der Waals surface area contributed by atoms with E-state index in [-0.39, 0.29) is 43.2 Å². The Balaban J connectivity index is 1.69. The van der Waals surface area contributed by atoms with E-state index in [0.717, 1.165) is 23.4 Å². The number of nitrogens with one attached hydrogen (secondary N) is 1. The van der Waals surface area contributed by atoms with Crippen molar-refractivity contribution >= 4 is 34.5 Å². The highest BCUT2D eigenvalue weighted by molar-refractivity contribution is 7.14. The second kappa shape index (κ2) is 10.0. The summed E-state index contributed by atoms with van der Waals surface area (Å²) in [5.74, 6) is -0.241. The van der Waals surface area contributed by atoms with Crippen molar-refractivity contribution in [3.05, 3.63) is 51.7 Å². The van der Waals surface area contributed by atoms with Gasteiger partial charge in [-0.2, -0.15) is 0 Å². The second-order valence-electron chi connectivity index (χ2n) is 6.37. The van der Waals surface area contributed by atoms with Crippen molar-refractivity contribution in [3.63, 3.8) is 0 Å². The molecule has 0 aliphatic rings. The first kappa shape index (κ1) is 20.0. The first-order valence-corrected chi connectivity index (χ1v) is 9.79. The molecule has 0 aliphatic carbocycles. The summed E-state index contributed by atoms with van der Waals surface area (Å²) < 4.78 is 0. The Labute approximate surface area is 158 Å². The van der Waals surface area contributed by atoms with Gasteiger partial charge in [0.25, 0.3) is 0 Å². The maximum atomic E-state index is 12.0. The lowest BCUT2D eigenvalue weighted by Gasteiger charge is -2.06. The maximum Gasteiger partial charge on any atom is 0.224 e. The minimum absolute atomic E-state index is 0.00642. The number of rotatable bonds is 10. The van der Waals surface area contributed by atoms with Crippen LogP contribution >= 0.6 is 11.3 Å². The summed E-state index contributed by atoms with van der Waals surface area (Å²) in [5.41, 5.74) is 1.98. The highest BCUT2D eigenvalue weighted by atomic mass is 32.1. The molecule has 0 atom stereocenters. The van der Waals surface area contributed by atoms with E-state index in [1.54, 1.807) is 6.07 Å². The Bertz CT molecular complexity index is 762. The Hall–Kier alpha value is -2.27. The number of benzene rings is 1. The van der Waals surface area contributed by atoms with Gasteiger partial charge in [-0.3, -0.25) is 14.4 Å². The number of anilines is 1. The van der Waals surface area contributed by atoms with Gasteiger partial charge in [0.2, 0.25) is 5.91 Å². The lowest BCUT2D eigenvalue weighted by Crippen LogP contribution is -2.13. The maximum absolute atomic E-state index is 12.0. The number of carbonyl (C=O) groups excluding carboxylic acids is 3. The van der Waals surface area contributed by atoms with E-state index in [4.69, 9.17) is 0 Å². The van der Waals surface area contributed by atoms with Gasteiger partial charge in [-0.05, 0) is 43.2 Å². The fourth-order valence-electron chi connectivity index (χ4n) is 2.61. The fraction of sp³-hybridized carbons (Fsp3) is 0.381. The fourth-order valence-corrected chi connectivity index (χ4v) is 3.44. The smallest absolute Gasteiger partial charge is 0.224 e. The Morgan fingerprint density at radius 3 is 2.23 bits per heavy atom. The van der Waals surface area contributed by atoms with Crippen LogP contribution in [0.25, 0.3) is 0 Å². The second-order valence-corrected chi connectivity index (χ2v) is 7.66. The van der Waals surface area contributed by atoms with Gasteiger partial charge < -0.3 is 5.32 Å². The number of ketones is 2. The van der Waals surface area contributed by atoms with Crippen molar-refractivity contribution in [1.29, 1.82) is 0 Å². The summed E-state index contributed by atoms with van der Waals surface area (Å²) in [7, 11) is 0. The van der Waals surface area contributed by atoms with Crippen LogP contribution in [0.5, 0.6) is 0 Å². The molecule has 4 nitrogen and oxygen atoms in total. The van der Waals surface area contributed by atoms with Gasteiger partial charge >= 0.3 is 0 Å². The van der Waals surface area contributed by atoms with Crippen molar-refractivity contribution in [2.24, 2.45) is 0 Å². The number of thiophene rings is 1. The van der Waals surface area contributed by atoms with Gasteiger partial charge in [-0.1, -0.05) is 25.5 Å². The Kier molecular flexibility index (Phi) is 7.73. The molecule has 5 heteroatoms. The molecule has 2 rings (SSSR count). The summed E-state index contributed by atoms with van der Waals surface area (Å²) in [6.07, 6.45) is 2.81.